The zero-order valence-electron chi connectivity index (χ0n) is 15.5. The van der Waals surface area contributed by atoms with Crippen LogP contribution in [0.4, 0.5) is 5.82 Å². The highest BCUT2D eigenvalue weighted by molar-refractivity contribution is 5.93. The molecule has 0 fully saturated rings. The number of nitrogens with one attached hydrogen (secondary N) is 2. The van der Waals surface area contributed by atoms with Crippen molar-refractivity contribution in [2.45, 2.75) is 12.6 Å². The molecule has 0 saturated heterocycles. The van der Waals surface area contributed by atoms with Crippen LogP contribution in [0.5, 0.6) is 11.5 Å². The number of nitrogens with zero attached hydrogens (tertiary/aromatic N) is 3. The second-order valence-electron chi connectivity index (χ2n) is 6.50. The van der Waals surface area contributed by atoms with E-state index in [-0.39, 0.29) is 12.0 Å². The molecule has 0 spiro atoms. The van der Waals surface area contributed by atoms with Crippen molar-refractivity contribution in [3.05, 3.63) is 66.4 Å². The zero-order chi connectivity index (χ0) is 19.3. The molecule has 3 heterocycles. The number of carbonyl (C=O) groups excluding carboxylic acids is 1. The van der Waals surface area contributed by atoms with E-state index in [1.165, 1.54) is 0 Å². The smallest absolute Gasteiger partial charge is 0.255 e. The number of amides is 1. The van der Waals surface area contributed by atoms with Crippen molar-refractivity contribution >= 4 is 11.7 Å². The molecule has 1 atom stereocenters. The summed E-state index contributed by atoms with van der Waals surface area (Å²) in [5, 5.41) is 3.15. The number of aromatic nitrogens is 3. The van der Waals surface area contributed by atoms with Crippen LogP contribution < -0.4 is 14.8 Å². The zero-order valence-corrected chi connectivity index (χ0v) is 15.5. The Morgan fingerprint density at radius 3 is 2.86 bits per heavy atom. The van der Waals surface area contributed by atoms with Gasteiger partial charge in [0, 0.05) is 25.6 Å². The van der Waals surface area contributed by atoms with Crippen LogP contribution >= 0.6 is 0 Å². The minimum Gasteiger partial charge on any atom is -0.486 e. The Balaban J connectivity index is 1.32. The fourth-order valence-corrected chi connectivity index (χ4v) is 2.96. The number of H-pyrrole nitrogens is 1. The van der Waals surface area contributed by atoms with Crippen LogP contribution in [-0.4, -0.2) is 52.1 Å². The van der Waals surface area contributed by atoms with Crippen LogP contribution in [0.1, 0.15) is 16.2 Å². The highest BCUT2D eigenvalue weighted by Gasteiger charge is 2.24. The number of benzene rings is 1. The van der Waals surface area contributed by atoms with E-state index in [9.17, 15) is 4.79 Å². The molecule has 0 aliphatic carbocycles. The lowest BCUT2D eigenvalue weighted by Crippen LogP contribution is -2.41. The topological polar surface area (TPSA) is 92.4 Å². The van der Waals surface area contributed by atoms with Crippen LogP contribution in [0.15, 0.2) is 55.0 Å². The average molecular weight is 379 g/mol. The summed E-state index contributed by atoms with van der Waals surface area (Å²) in [5.74, 6) is 2.81. The SMILES string of the molecule is CN(CC1COc2ccccc2O1)C(=O)c1ccc(NCc2ncc[nH]2)nc1. The molecule has 1 aromatic carbocycles. The van der Waals surface area contributed by atoms with Crippen LogP contribution in [0, 0.1) is 0 Å². The number of pyridine rings is 1. The minimum absolute atomic E-state index is 0.118. The number of anilines is 1. The van der Waals surface area contributed by atoms with Crippen molar-refractivity contribution in [3.63, 3.8) is 0 Å². The van der Waals surface area contributed by atoms with Crippen molar-refractivity contribution in [3.8, 4) is 11.5 Å². The van der Waals surface area contributed by atoms with E-state index in [4.69, 9.17) is 9.47 Å². The summed E-state index contributed by atoms with van der Waals surface area (Å²) in [4.78, 5) is 25.7. The largest absolute Gasteiger partial charge is 0.486 e. The molecule has 1 unspecified atom stereocenters. The normalized spacial score (nSPS) is 15.1. The van der Waals surface area contributed by atoms with Crippen LogP contribution in [0.25, 0.3) is 0 Å². The predicted molar refractivity (Wildman–Crippen MR) is 103 cm³/mol. The van der Waals surface area contributed by atoms with Gasteiger partial charge in [0.15, 0.2) is 17.6 Å². The lowest BCUT2D eigenvalue weighted by Gasteiger charge is -2.29. The number of imidazole rings is 1. The molecule has 0 saturated carbocycles. The first-order chi connectivity index (χ1) is 13.7. The summed E-state index contributed by atoms with van der Waals surface area (Å²) in [5.41, 5.74) is 0.517. The van der Waals surface area contributed by atoms with Crippen molar-refractivity contribution in [2.24, 2.45) is 0 Å². The second kappa shape index (κ2) is 7.99. The molecule has 0 radical (unpaired) electrons. The third kappa shape index (κ3) is 4.06. The Morgan fingerprint density at radius 2 is 2.11 bits per heavy atom. The summed E-state index contributed by atoms with van der Waals surface area (Å²) in [6, 6.07) is 11.1. The van der Waals surface area contributed by atoms with E-state index >= 15 is 0 Å². The van der Waals surface area contributed by atoms with Gasteiger partial charge < -0.3 is 24.7 Å². The molecule has 1 amide bonds. The van der Waals surface area contributed by atoms with Gasteiger partial charge in [-0.05, 0) is 24.3 Å². The molecule has 8 heteroatoms. The summed E-state index contributed by atoms with van der Waals surface area (Å²) in [6.45, 7) is 1.36. The average Bonchev–Trinajstić information content (AvgIpc) is 3.26. The van der Waals surface area contributed by atoms with Crippen molar-refractivity contribution in [1.29, 1.82) is 0 Å². The van der Waals surface area contributed by atoms with Gasteiger partial charge in [-0.2, -0.15) is 0 Å². The van der Waals surface area contributed by atoms with Gasteiger partial charge in [0.1, 0.15) is 18.2 Å². The number of aromatic amines is 1. The van der Waals surface area contributed by atoms with Crippen LogP contribution in [-0.2, 0) is 6.54 Å². The molecule has 144 valence electrons. The Hall–Kier alpha value is -3.55. The van der Waals surface area contributed by atoms with E-state index in [1.54, 1.807) is 42.7 Å². The number of hydrogen-bond acceptors (Lipinski definition) is 6. The highest BCUT2D eigenvalue weighted by Crippen LogP contribution is 2.31. The quantitative estimate of drug-likeness (QED) is 0.683. The fraction of sp³-hybridized carbons (Fsp3) is 0.250. The van der Waals surface area contributed by atoms with Crippen molar-refractivity contribution in [2.75, 3.05) is 25.5 Å². The Morgan fingerprint density at radius 1 is 1.25 bits per heavy atom. The van der Waals surface area contributed by atoms with E-state index in [0.29, 0.717) is 36.8 Å². The number of carbonyl (C=O) groups is 1. The first kappa shape index (κ1) is 17.8. The van der Waals surface area contributed by atoms with Crippen LogP contribution in [0.2, 0.25) is 0 Å². The molecule has 8 nitrogen and oxygen atoms in total. The number of fused-ring (bicyclic) bond motifs is 1. The van der Waals surface area contributed by atoms with E-state index in [2.05, 4.69) is 20.3 Å². The van der Waals surface area contributed by atoms with E-state index < -0.39 is 0 Å². The maximum absolute atomic E-state index is 12.7. The number of likely N-dealkylation sites (N-methyl/N-ethyl adjacent to an activating group) is 1. The fourth-order valence-electron chi connectivity index (χ4n) is 2.96. The van der Waals surface area contributed by atoms with Gasteiger partial charge in [0.05, 0.1) is 18.7 Å². The van der Waals surface area contributed by atoms with Gasteiger partial charge in [0.25, 0.3) is 5.91 Å². The van der Waals surface area contributed by atoms with Crippen molar-refractivity contribution < 1.29 is 14.3 Å². The molecule has 28 heavy (non-hydrogen) atoms. The van der Waals surface area contributed by atoms with E-state index in [0.717, 1.165) is 11.6 Å². The van der Waals surface area contributed by atoms with Gasteiger partial charge in [-0.15, -0.1) is 0 Å². The van der Waals surface area contributed by atoms with E-state index in [1.807, 2.05) is 24.3 Å². The summed E-state index contributed by atoms with van der Waals surface area (Å²) >= 11 is 0. The van der Waals surface area contributed by atoms with Crippen LogP contribution in [0.3, 0.4) is 0 Å². The summed E-state index contributed by atoms with van der Waals surface area (Å²) < 4.78 is 11.6. The first-order valence-electron chi connectivity index (χ1n) is 9.01. The third-order valence-corrected chi connectivity index (χ3v) is 4.39. The molecule has 0 bridgehead atoms. The molecule has 2 N–H and O–H groups in total. The highest BCUT2D eigenvalue weighted by atomic mass is 16.6. The Labute approximate surface area is 162 Å². The first-order valence-corrected chi connectivity index (χ1v) is 9.01. The summed E-state index contributed by atoms with van der Waals surface area (Å²) in [7, 11) is 1.75. The maximum Gasteiger partial charge on any atom is 0.255 e. The summed E-state index contributed by atoms with van der Waals surface area (Å²) in [6.07, 6.45) is 4.81. The van der Waals surface area contributed by atoms with Gasteiger partial charge in [-0.3, -0.25) is 4.79 Å². The molecule has 2 aromatic heterocycles. The second-order valence-corrected chi connectivity index (χ2v) is 6.50. The Bertz CT molecular complexity index is 927. The minimum atomic E-state index is -0.217. The number of ether oxygens (including phenoxy) is 2. The Kier molecular flexibility index (Phi) is 5.09. The molecule has 4 rings (SSSR count). The maximum atomic E-state index is 12.7. The predicted octanol–water partition coefficient (Wildman–Crippen LogP) is 2.33. The molecular weight excluding hydrogens is 358 g/mol. The van der Waals surface area contributed by atoms with Gasteiger partial charge in [0.2, 0.25) is 0 Å². The third-order valence-electron chi connectivity index (χ3n) is 4.39. The lowest BCUT2D eigenvalue weighted by atomic mass is 10.2. The monoisotopic (exact) mass is 379 g/mol. The standard InChI is InChI=1S/C20H21N5O3/c1-25(12-15-13-27-16-4-2-3-5-17(16)28-15)20(26)14-6-7-18(23-10-14)24-11-19-21-8-9-22-19/h2-10,15H,11-13H2,1H3,(H,21,22)(H,23,24). The molecule has 1 aliphatic heterocycles. The van der Waals surface area contributed by atoms with Gasteiger partial charge in [-0.1, -0.05) is 12.1 Å². The molecular formula is C20H21N5O3. The van der Waals surface area contributed by atoms with Gasteiger partial charge in [-0.25, -0.2) is 9.97 Å². The number of hydrogen-bond donors (Lipinski definition) is 2. The molecule has 1 aliphatic rings. The van der Waals surface area contributed by atoms with Gasteiger partial charge >= 0.3 is 0 Å². The van der Waals surface area contributed by atoms with Crippen molar-refractivity contribution in [1.82, 2.24) is 19.9 Å². The lowest BCUT2D eigenvalue weighted by molar-refractivity contribution is 0.0520. The molecule has 3 aromatic rings. The number of para-hydroxylation sites is 2. The number of rotatable bonds is 6.